The molecule has 0 bridgehead atoms. The molecular weight excluding hydrogens is 513 g/mol. The molecule has 3 rings (SSSR count). The number of aliphatic imine (C=N–C) groups is 1. The zero-order chi connectivity index (χ0) is 20.6. The third-order valence-corrected chi connectivity index (χ3v) is 6.38. The number of rotatable bonds is 6. The Morgan fingerprint density at radius 1 is 1.10 bits per heavy atom. The molecule has 2 aliphatic rings. The maximum Gasteiger partial charge on any atom is 0.239 e. The number of hydrogen-bond acceptors (Lipinski definition) is 3. The van der Waals surface area contributed by atoms with Gasteiger partial charge in [0.25, 0.3) is 0 Å². The molecule has 0 saturated carbocycles. The molecule has 1 atom stereocenters. The van der Waals surface area contributed by atoms with Gasteiger partial charge in [0.1, 0.15) is 0 Å². The van der Waals surface area contributed by atoms with E-state index in [4.69, 9.17) is 11.6 Å². The maximum atomic E-state index is 12.7. The molecule has 2 aliphatic heterocycles. The number of aryl methyl sites for hydroxylation is 1. The summed E-state index contributed by atoms with van der Waals surface area (Å²) in [5.74, 6) is 1.24. The van der Waals surface area contributed by atoms with Crippen molar-refractivity contribution in [2.24, 2.45) is 4.99 Å². The molecule has 2 heterocycles. The number of carbonyl (C=O) groups is 1. The quantitative estimate of drug-likeness (QED) is 0.257. The molecule has 1 aromatic rings. The standard InChI is InChI=1S/C22H34ClN5O.HI/c1-18(21(29)27-12-5-6-13-27)26-14-16-28(17-15-26)22(24-2)25-11-7-9-19-8-3-4-10-20(19)23;/h3-4,8,10,18H,5-7,9,11-17H2,1-2H3,(H,24,25);1H. The van der Waals surface area contributed by atoms with Crippen molar-refractivity contribution in [2.75, 3.05) is 52.9 Å². The third kappa shape index (κ3) is 6.72. The SMILES string of the molecule is CN=C(NCCCc1ccccc1Cl)N1CCN(C(C)C(=O)N2CCCC2)CC1.I. The molecule has 1 amide bonds. The molecule has 1 N–H and O–H groups in total. The van der Waals surface area contributed by atoms with Crippen molar-refractivity contribution < 1.29 is 4.79 Å². The summed E-state index contributed by atoms with van der Waals surface area (Å²) in [4.78, 5) is 23.7. The molecular formula is C22H35ClIN5O. The molecule has 30 heavy (non-hydrogen) atoms. The van der Waals surface area contributed by atoms with E-state index in [1.807, 2.05) is 30.1 Å². The van der Waals surface area contributed by atoms with E-state index in [1.165, 1.54) is 5.56 Å². The first-order valence-corrected chi connectivity index (χ1v) is 11.2. The van der Waals surface area contributed by atoms with Gasteiger partial charge in [-0.2, -0.15) is 0 Å². The minimum atomic E-state index is -0.0270. The van der Waals surface area contributed by atoms with Crippen LogP contribution in [0.5, 0.6) is 0 Å². The van der Waals surface area contributed by atoms with E-state index in [1.54, 1.807) is 0 Å². The topological polar surface area (TPSA) is 51.2 Å². The Bertz CT molecular complexity index is 703. The molecule has 1 aromatic carbocycles. The van der Waals surface area contributed by atoms with Gasteiger partial charge in [-0.05, 0) is 44.2 Å². The summed E-state index contributed by atoms with van der Waals surface area (Å²) in [7, 11) is 1.84. The van der Waals surface area contributed by atoms with E-state index < -0.39 is 0 Å². The van der Waals surface area contributed by atoms with E-state index >= 15 is 0 Å². The van der Waals surface area contributed by atoms with Crippen LogP contribution >= 0.6 is 35.6 Å². The van der Waals surface area contributed by atoms with Crippen molar-refractivity contribution in [3.63, 3.8) is 0 Å². The smallest absolute Gasteiger partial charge is 0.239 e. The van der Waals surface area contributed by atoms with Crippen LogP contribution in [0.2, 0.25) is 5.02 Å². The number of likely N-dealkylation sites (tertiary alicyclic amines) is 1. The zero-order valence-corrected chi connectivity index (χ0v) is 21.2. The lowest BCUT2D eigenvalue weighted by Gasteiger charge is -2.39. The van der Waals surface area contributed by atoms with Crippen molar-refractivity contribution in [1.82, 2.24) is 20.0 Å². The maximum absolute atomic E-state index is 12.7. The Balaban J connectivity index is 0.00000320. The number of nitrogens with zero attached hydrogens (tertiary/aromatic N) is 4. The van der Waals surface area contributed by atoms with Gasteiger partial charge in [0, 0.05) is 57.9 Å². The summed E-state index contributed by atoms with van der Waals surface area (Å²) < 4.78 is 0. The van der Waals surface area contributed by atoms with Crippen molar-refractivity contribution in [2.45, 2.75) is 38.6 Å². The number of carbonyl (C=O) groups excluding carboxylic acids is 1. The van der Waals surface area contributed by atoms with Gasteiger partial charge in [-0.3, -0.25) is 14.7 Å². The second kappa shape index (κ2) is 12.7. The Kier molecular flexibility index (Phi) is 10.7. The average Bonchev–Trinajstić information content (AvgIpc) is 3.29. The molecule has 1 unspecified atom stereocenters. The van der Waals surface area contributed by atoms with E-state index in [0.717, 1.165) is 82.5 Å². The van der Waals surface area contributed by atoms with Gasteiger partial charge in [-0.15, -0.1) is 24.0 Å². The second-order valence-electron chi connectivity index (χ2n) is 7.90. The lowest BCUT2D eigenvalue weighted by molar-refractivity contribution is -0.135. The van der Waals surface area contributed by atoms with Crippen LogP contribution in [0.3, 0.4) is 0 Å². The lowest BCUT2D eigenvalue weighted by atomic mass is 10.1. The summed E-state index contributed by atoms with van der Waals surface area (Å²) in [6.45, 7) is 8.33. The fraction of sp³-hybridized carbons (Fsp3) is 0.636. The molecule has 0 aromatic heterocycles. The fourth-order valence-corrected chi connectivity index (χ4v) is 4.42. The van der Waals surface area contributed by atoms with E-state index in [-0.39, 0.29) is 35.9 Å². The largest absolute Gasteiger partial charge is 0.356 e. The summed E-state index contributed by atoms with van der Waals surface area (Å²) >= 11 is 6.23. The number of hydrogen-bond donors (Lipinski definition) is 1. The third-order valence-electron chi connectivity index (χ3n) is 6.01. The van der Waals surface area contributed by atoms with Crippen LogP contribution < -0.4 is 5.32 Å². The normalized spacial score (nSPS) is 18.8. The minimum Gasteiger partial charge on any atom is -0.356 e. The lowest BCUT2D eigenvalue weighted by Crippen LogP contribution is -2.57. The summed E-state index contributed by atoms with van der Waals surface area (Å²) in [5.41, 5.74) is 1.19. The Hall–Kier alpha value is -1.06. The molecule has 2 fully saturated rings. The van der Waals surface area contributed by atoms with Gasteiger partial charge >= 0.3 is 0 Å². The van der Waals surface area contributed by atoms with E-state index in [0.29, 0.717) is 0 Å². The second-order valence-corrected chi connectivity index (χ2v) is 8.31. The average molecular weight is 548 g/mol. The number of benzene rings is 1. The number of halogens is 2. The summed E-state index contributed by atoms with van der Waals surface area (Å²) in [5, 5.41) is 4.32. The molecule has 168 valence electrons. The monoisotopic (exact) mass is 547 g/mol. The predicted molar refractivity (Wildman–Crippen MR) is 135 cm³/mol. The van der Waals surface area contributed by atoms with E-state index in [9.17, 15) is 4.79 Å². The van der Waals surface area contributed by atoms with Crippen molar-refractivity contribution in [1.29, 1.82) is 0 Å². The first-order valence-electron chi connectivity index (χ1n) is 10.8. The first kappa shape index (κ1) is 25.2. The Morgan fingerprint density at radius 3 is 2.40 bits per heavy atom. The number of amides is 1. The van der Waals surface area contributed by atoms with Crippen LogP contribution in [0.25, 0.3) is 0 Å². The highest BCUT2D eigenvalue weighted by Gasteiger charge is 2.30. The molecule has 0 spiro atoms. The van der Waals surface area contributed by atoms with Gasteiger partial charge in [-0.25, -0.2) is 0 Å². The van der Waals surface area contributed by atoms with Crippen molar-refractivity contribution >= 4 is 47.4 Å². The van der Waals surface area contributed by atoms with Gasteiger partial charge in [0.15, 0.2) is 5.96 Å². The molecule has 2 saturated heterocycles. The molecule has 8 heteroatoms. The van der Waals surface area contributed by atoms with Gasteiger partial charge in [-0.1, -0.05) is 29.8 Å². The Morgan fingerprint density at radius 2 is 1.77 bits per heavy atom. The molecule has 6 nitrogen and oxygen atoms in total. The molecule has 0 aliphatic carbocycles. The minimum absolute atomic E-state index is 0. The van der Waals surface area contributed by atoms with Crippen LogP contribution in [0, 0.1) is 0 Å². The zero-order valence-electron chi connectivity index (χ0n) is 18.1. The van der Waals surface area contributed by atoms with Crippen LogP contribution in [-0.4, -0.2) is 85.5 Å². The Labute approximate surface area is 203 Å². The first-order chi connectivity index (χ1) is 14.1. The van der Waals surface area contributed by atoms with Gasteiger partial charge in [0.2, 0.25) is 5.91 Å². The number of piperazine rings is 1. The fourth-order valence-electron chi connectivity index (χ4n) is 4.19. The highest BCUT2D eigenvalue weighted by Crippen LogP contribution is 2.16. The van der Waals surface area contributed by atoms with Crippen LogP contribution in [-0.2, 0) is 11.2 Å². The van der Waals surface area contributed by atoms with Gasteiger partial charge in [0.05, 0.1) is 6.04 Å². The molecule has 0 radical (unpaired) electrons. The summed E-state index contributed by atoms with van der Waals surface area (Å²) in [6.07, 6.45) is 4.24. The van der Waals surface area contributed by atoms with Crippen LogP contribution in [0.4, 0.5) is 0 Å². The van der Waals surface area contributed by atoms with Gasteiger partial charge < -0.3 is 15.1 Å². The number of nitrogens with one attached hydrogen (secondary N) is 1. The highest BCUT2D eigenvalue weighted by atomic mass is 127. The van der Waals surface area contributed by atoms with Crippen LogP contribution in [0.15, 0.2) is 29.3 Å². The van der Waals surface area contributed by atoms with Crippen molar-refractivity contribution in [3.8, 4) is 0 Å². The van der Waals surface area contributed by atoms with Crippen molar-refractivity contribution in [3.05, 3.63) is 34.9 Å². The number of guanidine groups is 1. The highest BCUT2D eigenvalue weighted by molar-refractivity contribution is 14.0. The predicted octanol–water partition coefficient (Wildman–Crippen LogP) is 3.09. The van der Waals surface area contributed by atoms with Crippen LogP contribution in [0.1, 0.15) is 31.7 Å². The van der Waals surface area contributed by atoms with E-state index in [2.05, 4.69) is 33.1 Å². The summed E-state index contributed by atoms with van der Waals surface area (Å²) in [6, 6.07) is 7.99.